The average Bonchev–Trinajstić information content (AvgIpc) is 1.72. The van der Waals surface area contributed by atoms with Gasteiger partial charge in [0.1, 0.15) is 0 Å². The Kier molecular flexibility index (Phi) is 11.6. The first-order valence-corrected chi connectivity index (χ1v) is 5.43. The fourth-order valence-electron chi connectivity index (χ4n) is 0.567. The molecule has 0 saturated heterocycles. The van der Waals surface area contributed by atoms with Crippen molar-refractivity contribution in [1.29, 1.82) is 0 Å². The summed E-state index contributed by atoms with van der Waals surface area (Å²) in [5.41, 5.74) is 0. The van der Waals surface area contributed by atoms with Crippen LogP contribution in [-0.4, -0.2) is 0 Å². The molecule has 0 aromatic carbocycles. The summed E-state index contributed by atoms with van der Waals surface area (Å²) in [5.74, 6) is 0. The van der Waals surface area contributed by atoms with Crippen LogP contribution in [0.2, 0.25) is 16.0 Å². The molecule has 0 spiro atoms. The van der Waals surface area contributed by atoms with Crippen LogP contribution in [0, 0.1) is 0 Å². The van der Waals surface area contributed by atoms with Crippen LogP contribution >= 0.6 is 9.90 Å². The van der Waals surface area contributed by atoms with Gasteiger partial charge in [0.15, 0.2) is 0 Å². The Morgan fingerprint density at radius 1 is 0.875 bits per heavy atom. The molecule has 8 heavy (non-hydrogen) atoms. The second-order valence-electron chi connectivity index (χ2n) is 1.37. The minimum absolute atomic E-state index is 0. The van der Waals surface area contributed by atoms with Crippen molar-refractivity contribution in [3.8, 4) is 0 Å². The molecule has 0 N–H and O–H groups in total. The summed E-state index contributed by atoms with van der Waals surface area (Å²) in [6.45, 7) is 6.92. The van der Waals surface area contributed by atoms with Gasteiger partial charge >= 0.3 is 50.6 Å². The molecule has 2 heteroatoms. The van der Waals surface area contributed by atoms with Crippen molar-refractivity contribution in [3.05, 3.63) is 0 Å². The Balaban J connectivity index is 0. The molecule has 0 aliphatic heterocycles. The first kappa shape index (κ1) is 11.7. The van der Waals surface area contributed by atoms with Gasteiger partial charge in [0.25, 0.3) is 0 Å². The summed E-state index contributed by atoms with van der Waals surface area (Å²) in [6.07, 6.45) is 0. The first-order valence-electron chi connectivity index (χ1n) is 2.92. The molecule has 0 radical (unpaired) electrons. The van der Waals surface area contributed by atoms with Crippen LogP contribution in [0.15, 0.2) is 0 Å². The van der Waals surface area contributed by atoms with Gasteiger partial charge in [-0.05, 0) is 0 Å². The van der Waals surface area contributed by atoms with E-state index in [9.17, 15) is 0 Å². The van der Waals surface area contributed by atoms with E-state index in [0.29, 0.717) is 0 Å². The monoisotopic (exact) mass is 176 g/mol. The molecule has 0 nitrogen and oxygen atoms in total. The topological polar surface area (TPSA) is 0 Å². The number of hydrogen-bond acceptors (Lipinski definition) is 0. The van der Waals surface area contributed by atoms with Crippen LogP contribution < -0.4 is 0 Å². The van der Waals surface area contributed by atoms with E-state index in [0.717, 1.165) is 0 Å². The first-order chi connectivity index (χ1) is 3.35. The van der Waals surface area contributed by atoms with Crippen LogP contribution in [0.25, 0.3) is 0 Å². The van der Waals surface area contributed by atoms with Gasteiger partial charge in [-0.25, -0.2) is 0 Å². The molecule has 54 valence electrons. The summed E-state index contributed by atoms with van der Waals surface area (Å²) in [6, 6.07) is 0. The zero-order valence-corrected chi connectivity index (χ0v) is 8.80. The molecular weight excluding hydrogens is 158 g/mol. The SMILES string of the molecule is C[CH2][Mn]([CH2]C)[CH2]C.P. The molecule has 0 aromatic rings. The fourth-order valence-corrected chi connectivity index (χ4v) is 2.34. The van der Waals surface area contributed by atoms with Gasteiger partial charge < -0.3 is 0 Å². The van der Waals surface area contributed by atoms with E-state index in [4.69, 9.17) is 0 Å². The van der Waals surface area contributed by atoms with Crippen molar-refractivity contribution in [1.82, 2.24) is 0 Å². The van der Waals surface area contributed by atoms with Gasteiger partial charge in [-0.3, -0.25) is 0 Å². The minimum atomic E-state index is 0. The predicted molar refractivity (Wildman–Crippen MR) is 42.5 cm³/mol. The molecule has 0 bridgehead atoms. The Hall–Kier alpha value is 0.949. The van der Waals surface area contributed by atoms with Crippen LogP contribution in [0.5, 0.6) is 0 Å². The minimum Gasteiger partial charge on any atom is -0.153 e. The molecule has 0 heterocycles. The van der Waals surface area contributed by atoms with Gasteiger partial charge in [0.2, 0.25) is 0 Å². The largest absolute Gasteiger partial charge is 0.153 e. The Morgan fingerprint density at radius 3 is 1.12 bits per heavy atom. The molecule has 0 aliphatic rings. The average molecular weight is 176 g/mol. The van der Waals surface area contributed by atoms with Gasteiger partial charge in [-0.15, -0.1) is 0 Å². The molecular formula is C6H18MnP. The van der Waals surface area contributed by atoms with Crippen LogP contribution in [0.4, 0.5) is 0 Å². The Bertz CT molecular complexity index is 30.0. The quantitative estimate of drug-likeness (QED) is 0.458. The summed E-state index contributed by atoms with van der Waals surface area (Å²) < 4.78 is 0. The maximum absolute atomic E-state index is 2.31. The standard InChI is InChI=1S/3C2H5.Mn.H3P/c3*1-2;;/h3*1H2,2H3;;1H3. The van der Waals surface area contributed by atoms with Crippen molar-refractivity contribution in [3.63, 3.8) is 0 Å². The van der Waals surface area contributed by atoms with Crippen molar-refractivity contribution >= 4 is 9.90 Å². The van der Waals surface area contributed by atoms with Gasteiger partial charge in [-0.2, -0.15) is 9.90 Å². The smallest absolute Gasteiger partial charge is 0.153 e. The predicted octanol–water partition coefficient (Wildman–Crippen LogP) is 2.98. The Labute approximate surface area is 60.9 Å². The zero-order chi connectivity index (χ0) is 5.70. The van der Waals surface area contributed by atoms with Gasteiger partial charge in [0, 0.05) is 0 Å². The molecule has 0 fully saturated rings. The van der Waals surface area contributed by atoms with Gasteiger partial charge in [0.05, 0.1) is 0 Å². The third-order valence-corrected chi connectivity index (χ3v) is 4.68. The van der Waals surface area contributed by atoms with E-state index in [1.165, 1.54) is 16.0 Å². The summed E-state index contributed by atoms with van der Waals surface area (Å²) in [7, 11) is 0. The molecule has 1 atom stereocenters. The molecule has 0 aromatic heterocycles. The fraction of sp³-hybridized carbons (Fsp3) is 1.00. The van der Waals surface area contributed by atoms with Crippen molar-refractivity contribution in [2.45, 2.75) is 36.7 Å². The third-order valence-electron chi connectivity index (χ3n) is 1.13. The molecule has 0 rings (SSSR count). The number of rotatable bonds is 3. The van der Waals surface area contributed by atoms with E-state index in [2.05, 4.69) is 20.8 Å². The second-order valence-corrected chi connectivity index (χ2v) is 5.64. The van der Waals surface area contributed by atoms with E-state index in [1.54, 1.807) is 0 Å². The van der Waals surface area contributed by atoms with Crippen molar-refractivity contribution < 1.29 is 13.9 Å². The summed E-state index contributed by atoms with van der Waals surface area (Å²) in [4.78, 5) is 0. The van der Waals surface area contributed by atoms with Crippen LogP contribution in [0.1, 0.15) is 20.8 Å². The van der Waals surface area contributed by atoms with Crippen molar-refractivity contribution in [2.24, 2.45) is 0 Å². The zero-order valence-electron chi connectivity index (χ0n) is 6.21. The van der Waals surface area contributed by atoms with Crippen LogP contribution in [0.3, 0.4) is 0 Å². The number of hydrogen-bond donors (Lipinski definition) is 0. The summed E-state index contributed by atoms with van der Waals surface area (Å²) >= 11 is 0.118. The molecule has 0 amide bonds. The van der Waals surface area contributed by atoms with E-state index >= 15 is 0 Å². The second kappa shape index (κ2) is 7.95. The third kappa shape index (κ3) is 5.09. The maximum Gasteiger partial charge on any atom is -0.153 e. The molecule has 0 saturated carbocycles. The normalized spacial score (nSPS) is 10.1. The maximum atomic E-state index is 2.31. The molecule has 1 unspecified atom stereocenters. The van der Waals surface area contributed by atoms with E-state index in [-0.39, 0.29) is 23.8 Å². The summed E-state index contributed by atoms with van der Waals surface area (Å²) in [5, 5.41) is 4.38. The van der Waals surface area contributed by atoms with Gasteiger partial charge in [-0.1, -0.05) is 0 Å². The van der Waals surface area contributed by atoms with Crippen molar-refractivity contribution in [2.75, 3.05) is 0 Å². The van der Waals surface area contributed by atoms with Crippen LogP contribution in [-0.2, 0) is 13.9 Å². The molecule has 0 aliphatic carbocycles. The van der Waals surface area contributed by atoms with E-state index in [1.807, 2.05) is 0 Å². The Morgan fingerprint density at radius 2 is 1.12 bits per heavy atom. The van der Waals surface area contributed by atoms with E-state index < -0.39 is 0 Å².